The van der Waals surface area contributed by atoms with Crippen molar-refractivity contribution in [1.82, 2.24) is 14.5 Å². The monoisotopic (exact) mass is 369 g/mol. The van der Waals surface area contributed by atoms with Crippen molar-refractivity contribution < 1.29 is 4.79 Å². The van der Waals surface area contributed by atoms with E-state index >= 15 is 0 Å². The first-order valence-electron chi connectivity index (χ1n) is 9.74. The first kappa shape index (κ1) is 19.1. The number of para-hydroxylation sites is 2. The van der Waals surface area contributed by atoms with E-state index in [0.717, 1.165) is 25.7 Å². The van der Waals surface area contributed by atoms with E-state index in [1.807, 2.05) is 18.2 Å². The van der Waals surface area contributed by atoms with Gasteiger partial charge >= 0.3 is 11.1 Å². The van der Waals surface area contributed by atoms with Crippen molar-refractivity contribution in [3.63, 3.8) is 0 Å². The first-order valence-corrected chi connectivity index (χ1v) is 9.74. The normalized spacial score (nSPS) is 15.4. The molecule has 0 spiro atoms. The van der Waals surface area contributed by atoms with Crippen molar-refractivity contribution in [2.24, 2.45) is 0 Å². The maximum Gasteiger partial charge on any atom is 0.317 e. The number of nitrogens with zero attached hydrogens (tertiary/aromatic N) is 2. The lowest BCUT2D eigenvalue weighted by Crippen LogP contribution is -2.42. The largest absolute Gasteiger partial charge is 0.353 e. The van der Waals surface area contributed by atoms with E-state index in [-0.39, 0.29) is 31.5 Å². The summed E-state index contributed by atoms with van der Waals surface area (Å²) in [6.07, 6.45) is 8.58. The second kappa shape index (κ2) is 8.84. The fourth-order valence-corrected chi connectivity index (χ4v) is 3.84. The molecule has 2 aromatic rings. The summed E-state index contributed by atoms with van der Waals surface area (Å²) in [6.45, 7) is 4.13. The predicted octanol–water partition coefficient (Wildman–Crippen LogP) is 2.58. The van der Waals surface area contributed by atoms with Gasteiger partial charge in [-0.15, -0.1) is 6.58 Å². The van der Waals surface area contributed by atoms with Crippen molar-refractivity contribution in [3.05, 3.63) is 57.6 Å². The van der Waals surface area contributed by atoms with E-state index in [1.54, 1.807) is 12.1 Å². The standard InChI is InChI=1S/C21H27N3O3/c1-2-14-23-17-11-7-8-12-18(17)24(21(27)20(23)26)15-13-19(25)22-16-9-5-3-4-6-10-16/h2,7-8,11-12,16H,1,3-6,9-10,13-15H2,(H,22,25). The molecule has 1 aliphatic rings. The van der Waals surface area contributed by atoms with Gasteiger partial charge in [0.15, 0.2) is 0 Å². The second-order valence-electron chi connectivity index (χ2n) is 7.16. The number of hydrogen-bond acceptors (Lipinski definition) is 3. The average Bonchev–Trinajstić information content (AvgIpc) is 2.94. The van der Waals surface area contributed by atoms with Gasteiger partial charge < -0.3 is 9.88 Å². The molecular formula is C21H27N3O3. The first-order chi connectivity index (χ1) is 13.1. The topological polar surface area (TPSA) is 73.1 Å². The highest BCUT2D eigenvalue weighted by Gasteiger charge is 2.16. The molecular weight excluding hydrogens is 342 g/mol. The number of allylic oxidation sites excluding steroid dienone is 1. The van der Waals surface area contributed by atoms with Crippen LogP contribution in [0.5, 0.6) is 0 Å². The molecule has 3 rings (SSSR count). The molecule has 1 aromatic heterocycles. The second-order valence-corrected chi connectivity index (χ2v) is 7.16. The van der Waals surface area contributed by atoms with Gasteiger partial charge in [-0.2, -0.15) is 0 Å². The summed E-state index contributed by atoms with van der Waals surface area (Å²) in [6, 6.07) is 7.50. The summed E-state index contributed by atoms with van der Waals surface area (Å²) in [5.74, 6) is -0.0619. The molecule has 1 heterocycles. The zero-order chi connectivity index (χ0) is 19.2. The Morgan fingerprint density at radius 1 is 1.04 bits per heavy atom. The van der Waals surface area contributed by atoms with Gasteiger partial charge in [-0.05, 0) is 25.0 Å². The van der Waals surface area contributed by atoms with Gasteiger partial charge in [-0.1, -0.05) is 43.9 Å². The molecule has 1 N–H and O–H groups in total. The van der Waals surface area contributed by atoms with Gasteiger partial charge in [-0.25, -0.2) is 0 Å². The van der Waals surface area contributed by atoms with Crippen LogP contribution in [0, 0.1) is 0 Å². The molecule has 1 amide bonds. The van der Waals surface area contributed by atoms with E-state index in [0.29, 0.717) is 11.0 Å². The number of fused-ring (bicyclic) bond motifs is 1. The van der Waals surface area contributed by atoms with Crippen LogP contribution in [0.4, 0.5) is 0 Å². The van der Waals surface area contributed by atoms with Crippen LogP contribution < -0.4 is 16.4 Å². The average molecular weight is 369 g/mol. The molecule has 144 valence electrons. The van der Waals surface area contributed by atoms with E-state index in [4.69, 9.17) is 0 Å². The SMILES string of the molecule is C=CCn1c(=O)c(=O)n(CCC(=O)NC2CCCCCC2)c2ccccc21. The van der Waals surface area contributed by atoms with Crippen LogP contribution in [0.25, 0.3) is 11.0 Å². The molecule has 0 saturated heterocycles. The van der Waals surface area contributed by atoms with Crippen molar-refractivity contribution in [3.8, 4) is 0 Å². The highest BCUT2D eigenvalue weighted by Crippen LogP contribution is 2.17. The molecule has 0 radical (unpaired) electrons. The molecule has 1 fully saturated rings. The van der Waals surface area contributed by atoms with Crippen LogP contribution >= 0.6 is 0 Å². The van der Waals surface area contributed by atoms with Gasteiger partial charge in [0.2, 0.25) is 5.91 Å². The van der Waals surface area contributed by atoms with Crippen molar-refractivity contribution in [2.75, 3.05) is 0 Å². The summed E-state index contributed by atoms with van der Waals surface area (Å²) in [7, 11) is 0. The zero-order valence-electron chi connectivity index (χ0n) is 15.7. The number of benzene rings is 1. The molecule has 1 aromatic carbocycles. The minimum Gasteiger partial charge on any atom is -0.353 e. The lowest BCUT2D eigenvalue weighted by molar-refractivity contribution is -0.122. The van der Waals surface area contributed by atoms with E-state index in [2.05, 4.69) is 11.9 Å². The maximum atomic E-state index is 12.6. The summed E-state index contributed by atoms with van der Waals surface area (Å²) in [5, 5.41) is 3.09. The number of aromatic nitrogens is 2. The van der Waals surface area contributed by atoms with E-state index < -0.39 is 11.1 Å². The Morgan fingerprint density at radius 3 is 2.26 bits per heavy atom. The zero-order valence-corrected chi connectivity index (χ0v) is 15.7. The molecule has 0 atom stereocenters. The summed E-state index contributed by atoms with van der Waals surface area (Å²) in [4.78, 5) is 37.4. The smallest absolute Gasteiger partial charge is 0.317 e. The van der Waals surface area contributed by atoms with Gasteiger partial charge in [0.05, 0.1) is 11.0 Å². The summed E-state index contributed by atoms with van der Waals surface area (Å²) >= 11 is 0. The molecule has 6 nitrogen and oxygen atoms in total. The number of rotatable bonds is 6. The Labute approximate surface area is 158 Å². The third kappa shape index (κ3) is 4.38. The fourth-order valence-electron chi connectivity index (χ4n) is 3.84. The van der Waals surface area contributed by atoms with Crippen LogP contribution in [0.15, 0.2) is 46.5 Å². The van der Waals surface area contributed by atoms with Crippen LogP contribution in [-0.4, -0.2) is 21.1 Å². The van der Waals surface area contributed by atoms with Gasteiger partial charge in [-0.3, -0.25) is 19.0 Å². The van der Waals surface area contributed by atoms with Crippen LogP contribution in [0.1, 0.15) is 44.9 Å². The quantitative estimate of drug-likeness (QED) is 0.483. The van der Waals surface area contributed by atoms with Gasteiger partial charge in [0, 0.05) is 25.6 Å². The summed E-state index contributed by atoms with van der Waals surface area (Å²) in [5.41, 5.74) is 0.146. The highest BCUT2D eigenvalue weighted by molar-refractivity contribution is 5.77. The van der Waals surface area contributed by atoms with Crippen LogP contribution in [0.2, 0.25) is 0 Å². The molecule has 6 heteroatoms. The lowest BCUT2D eigenvalue weighted by Gasteiger charge is -2.17. The van der Waals surface area contributed by atoms with Crippen LogP contribution in [0.3, 0.4) is 0 Å². The molecule has 0 aliphatic heterocycles. The van der Waals surface area contributed by atoms with Crippen LogP contribution in [-0.2, 0) is 17.9 Å². The van der Waals surface area contributed by atoms with Gasteiger partial charge in [0.25, 0.3) is 0 Å². The highest BCUT2D eigenvalue weighted by atomic mass is 16.2. The Morgan fingerprint density at radius 2 is 1.63 bits per heavy atom. The molecule has 0 unspecified atom stereocenters. The molecule has 1 saturated carbocycles. The Bertz CT molecular complexity index is 934. The van der Waals surface area contributed by atoms with E-state index in [9.17, 15) is 14.4 Å². The van der Waals surface area contributed by atoms with E-state index in [1.165, 1.54) is 22.0 Å². The minimum atomic E-state index is -0.599. The maximum absolute atomic E-state index is 12.6. The third-order valence-corrected chi connectivity index (χ3v) is 5.23. The van der Waals surface area contributed by atoms with Gasteiger partial charge in [0.1, 0.15) is 0 Å². The van der Waals surface area contributed by atoms with Crippen molar-refractivity contribution >= 4 is 16.9 Å². The fraction of sp³-hybridized carbons (Fsp3) is 0.476. The molecule has 27 heavy (non-hydrogen) atoms. The number of aryl methyl sites for hydroxylation is 1. The van der Waals surface area contributed by atoms with Crippen molar-refractivity contribution in [1.29, 1.82) is 0 Å². The number of amides is 1. The number of carbonyl (C=O) groups is 1. The third-order valence-electron chi connectivity index (χ3n) is 5.23. The summed E-state index contributed by atoms with van der Waals surface area (Å²) < 4.78 is 2.84. The minimum absolute atomic E-state index is 0.0619. The molecule has 1 aliphatic carbocycles. The number of carbonyl (C=O) groups excluding carboxylic acids is 1. The molecule has 0 bridgehead atoms. The lowest BCUT2D eigenvalue weighted by atomic mass is 10.1. The van der Waals surface area contributed by atoms with Crippen molar-refractivity contribution in [2.45, 2.75) is 64.1 Å². The Hall–Kier alpha value is -2.63. The number of nitrogens with one attached hydrogen (secondary N) is 1. The number of hydrogen-bond donors (Lipinski definition) is 1. The predicted molar refractivity (Wildman–Crippen MR) is 107 cm³/mol. The Balaban J connectivity index is 1.80. The Kier molecular flexibility index (Phi) is 6.27.